The molecule has 2 aromatic rings. The van der Waals surface area contributed by atoms with Gasteiger partial charge in [-0.05, 0) is 18.9 Å². The van der Waals surface area contributed by atoms with Crippen LogP contribution in [0.2, 0.25) is 0 Å². The minimum absolute atomic E-state index is 0.0119. The van der Waals surface area contributed by atoms with Crippen molar-refractivity contribution in [2.24, 2.45) is 0 Å². The number of carbonyl (C=O) groups is 1. The number of amides is 1. The van der Waals surface area contributed by atoms with Gasteiger partial charge in [0, 0.05) is 23.6 Å². The summed E-state index contributed by atoms with van der Waals surface area (Å²) in [7, 11) is 0. The summed E-state index contributed by atoms with van der Waals surface area (Å²) in [6.07, 6.45) is 3.98. The highest BCUT2D eigenvalue weighted by atomic mass is 32.1. The predicted molar refractivity (Wildman–Crippen MR) is 73.4 cm³/mol. The average Bonchev–Trinajstić information content (AvgIpc) is 3.14. The van der Waals surface area contributed by atoms with Gasteiger partial charge in [-0.2, -0.15) is 0 Å². The molecule has 98 valence electrons. The normalized spacial score (nSPS) is 14.3. The summed E-state index contributed by atoms with van der Waals surface area (Å²) in [5.74, 6) is 0.351. The smallest absolute Gasteiger partial charge is 0.250 e. The summed E-state index contributed by atoms with van der Waals surface area (Å²) in [4.78, 5) is 27.7. The lowest BCUT2D eigenvalue weighted by Gasteiger charge is -2.04. The zero-order valence-electron chi connectivity index (χ0n) is 10.2. The van der Waals surface area contributed by atoms with Gasteiger partial charge < -0.3 is 9.88 Å². The number of hydrogen-bond acceptors (Lipinski definition) is 4. The molecule has 0 atom stereocenters. The molecule has 0 unspecified atom stereocenters. The van der Waals surface area contributed by atoms with Crippen LogP contribution in [-0.4, -0.2) is 15.5 Å². The molecular weight excluding hydrogens is 262 g/mol. The topological polar surface area (TPSA) is 64.0 Å². The minimum atomic E-state index is -0.231. The van der Waals surface area contributed by atoms with E-state index in [2.05, 4.69) is 10.3 Å². The molecule has 1 aliphatic rings. The lowest BCUT2D eigenvalue weighted by atomic mass is 10.3. The molecule has 1 N–H and O–H groups in total. The minimum Gasteiger partial charge on any atom is -0.306 e. The monoisotopic (exact) mass is 275 g/mol. The van der Waals surface area contributed by atoms with E-state index in [1.54, 1.807) is 18.3 Å². The number of nitrogens with zero attached hydrogens (tertiary/aromatic N) is 2. The van der Waals surface area contributed by atoms with Crippen molar-refractivity contribution in [2.75, 3.05) is 5.32 Å². The van der Waals surface area contributed by atoms with Gasteiger partial charge in [-0.3, -0.25) is 9.59 Å². The molecule has 2 heterocycles. The maximum absolute atomic E-state index is 11.8. The van der Waals surface area contributed by atoms with Crippen LogP contribution in [0.3, 0.4) is 0 Å². The third-order valence-electron chi connectivity index (χ3n) is 2.98. The summed E-state index contributed by atoms with van der Waals surface area (Å²) < 4.78 is 1.37. The molecule has 0 radical (unpaired) electrons. The quantitative estimate of drug-likeness (QED) is 0.925. The first kappa shape index (κ1) is 12.1. The second kappa shape index (κ2) is 4.97. The van der Waals surface area contributed by atoms with Crippen LogP contribution in [0.25, 0.3) is 0 Å². The number of aromatic nitrogens is 2. The van der Waals surface area contributed by atoms with Crippen LogP contribution in [-0.2, 0) is 11.3 Å². The molecule has 0 saturated heterocycles. The van der Waals surface area contributed by atoms with Crippen molar-refractivity contribution in [1.82, 2.24) is 9.55 Å². The second-order valence-electron chi connectivity index (χ2n) is 4.57. The van der Waals surface area contributed by atoms with Crippen LogP contribution in [0, 0.1) is 0 Å². The Morgan fingerprint density at radius 3 is 3.05 bits per heavy atom. The first-order chi connectivity index (χ1) is 9.22. The van der Waals surface area contributed by atoms with Crippen LogP contribution < -0.4 is 10.9 Å². The van der Waals surface area contributed by atoms with Crippen LogP contribution in [0.15, 0.2) is 34.6 Å². The number of anilines is 1. The largest absolute Gasteiger partial charge is 0.306 e. The number of pyridine rings is 1. The number of nitrogens with one attached hydrogen (secondary N) is 1. The van der Waals surface area contributed by atoms with E-state index in [0.717, 1.165) is 5.69 Å². The molecule has 1 saturated carbocycles. The van der Waals surface area contributed by atoms with Crippen molar-refractivity contribution < 1.29 is 4.79 Å². The van der Waals surface area contributed by atoms with E-state index in [9.17, 15) is 9.59 Å². The highest BCUT2D eigenvalue weighted by Crippen LogP contribution is 2.40. The Morgan fingerprint density at radius 2 is 2.32 bits per heavy atom. The maximum Gasteiger partial charge on any atom is 0.250 e. The van der Waals surface area contributed by atoms with Gasteiger partial charge >= 0.3 is 0 Å². The molecule has 0 spiro atoms. The molecule has 6 heteroatoms. The van der Waals surface area contributed by atoms with Gasteiger partial charge in [0.2, 0.25) is 5.91 Å². The summed E-state index contributed by atoms with van der Waals surface area (Å²) in [6.45, 7) is 0.0119. The van der Waals surface area contributed by atoms with Crippen LogP contribution in [0.1, 0.15) is 24.5 Å². The van der Waals surface area contributed by atoms with Gasteiger partial charge in [-0.25, -0.2) is 4.98 Å². The maximum atomic E-state index is 11.8. The molecule has 0 aromatic carbocycles. The van der Waals surface area contributed by atoms with E-state index in [1.165, 1.54) is 34.8 Å². The molecule has 2 aromatic heterocycles. The molecule has 19 heavy (non-hydrogen) atoms. The fraction of sp³-hybridized carbons (Fsp3) is 0.308. The fourth-order valence-electron chi connectivity index (χ4n) is 1.81. The molecule has 0 aliphatic heterocycles. The first-order valence-electron chi connectivity index (χ1n) is 6.13. The van der Waals surface area contributed by atoms with Crippen molar-refractivity contribution >= 4 is 22.4 Å². The van der Waals surface area contributed by atoms with Crippen LogP contribution in [0.4, 0.5) is 5.13 Å². The molecule has 1 fully saturated rings. The Balaban J connectivity index is 1.64. The summed E-state index contributed by atoms with van der Waals surface area (Å²) in [6, 6.07) is 4.81. The Labute approximate surface area is 113 Å². The number of thiazole rings is 1. The zero-order valence-corrected chi connectivity index (χ0v) is 11.0. The number of carbonyl (C=O) groups excluding carboxylic acids is 1. The standard InChI is InChI=1S/C13H13N3O2S/c17-11(7-16-6-2-1-3-12(16)18)15-13-14-10(8-19-13)9-4-5-9/h1-3,6,8-9H,4-5,7H2,(H,14,15,17). The third-order valence-corrected chi connectivity index (χ3v) is 3.75. The Kier molecular flexibility index (Phi) is 3.16. The van der Waals surface area contributed by atoms with Crippen molar-refractivity contribution in [3.8, 4) is 0 Å². The van der Waals surface area contributed by atoms with Gasteiger partial charge in [0.05, 0.1) is 5.69 Å². The van der Waals surface area contributed by atoms with Crippen molar-refractivity contribution in [3.63, 3.8) is 0 Å². The highest BCUT2D eigenvalue weighted by molar-refractivity contribution is 7.13. The Hall–Kier alpha value is -1.95. The fourth-order valence-corrected chi connectivity index (χ4v) is 2.62. The van der Waals surface area contributed by atoms with Crippen molar-refractivity contribution in [2.45, 2.75) is 25.3 Å². The second-order valence-corrected chi connectivity index (χ2v) is 5.42. The number of rotatable bonds is 4. The Morgan fingerprint density at radius 1 is 1.47 bits per heavy atom. The number of hydrogen-bond donors (Lipinski definition) is 1. The van der Waals surface area contributed by atoms with Gasteiger partial charge in [0.15, 0.2) is 5.13 Å². The molecule has 3 rings (SSSR count). The average molecular weight is 275 g/mol. The van der Waals surface area contributed by atoms with E-state index < -0.39 is 0 Å². The van der Waals surface area contributed by atoms with E-state index in [1.807, 2.05) is 5.38 Å². The van der Waals surface area contributed by atoms with E-state index in [-0.39, 0.29) is 18.0 Å². The lowest BCUT2D eigenvalue weighted by Crippen LogP contribution is -2.26. The van der Waals surface area contributed by atoms with Crippen molar-refractivity contribution in [3.05, 3.63) is 45.8 Å². The van der Waals surface area contributed by atoms with E-state index in [4.69, 9.17) is 0 Å². The van der Waals surface area contributed by atoms with Gasteiger partial charge in [0.1, 0.15) is 6.54 Å². The van der Waals surface area contributed by atoms with Gasteiger partial charge in [0.25, 0.3) is 5.56 Å². The van der Waals surface area contributed by atoms with E-state index >= 15 is 0 Å². The molecule has 1 aliphatic carbocycles. The van der Waals surface area contributed by atoms with Gasteiger partial charge in [-0.1, -0.05) is 6.07 Å². The molecule has 1 amide bonds. The summed E-state index contributed by atoms with van der Waals surface area (Å²) in [5, 5.41) is 5.32. The van der Waals surface area contributed by atoms with Gasteiger partial charge in [-0.15, -0.1) is 11.3 Å². The zero-order chi connectivity index (χ0) is 13.2. The molecule has 5 nitrogen and oxygen atoms in total. The highest BCUT2D eigenvalue weighted by Gasteiger charge is 2.26. The third kappa shape index (κ3) is 2.90. The van der Waals surface area contributed by atoms with Crippen molar-refractivity contribution in [1.29, 1.82) is 0 Å². The van der Waals surface area contributed by atoms with Crippen LogP contribution in [0.5, 0.6) is 0 Å². The van der Waals surface area contributed by atoms with E-state index in [0.29, 0.717) is 11.0 Å². The Bertz CT molecular complexity index is 658. The molecule has 0 bridgehead atoms. The SMILES string of the molecule is O=C(Cn1ccccc1=O)Nc1nc(C2CC2)cs1. The lowest BCUT2D eigenvalue weighted by molar-refractivity contribution is -0.116. The summed E-state index contributed by atoms with van der Waals surface area (Å²) >= 11 is 1.43. The molecular formula is C13H13N3O2S. The summed E-state index contributed by atoms with van der Waals surface area (Å²) in [5.41, 5.74) is 0.882. The van der Waals surface area contributed by atoms with Crippen LogP contribution >= 0.6 is 11.3 Å². The predicted octanol–water partition coefficient (Wildman–Crippen LogP) is 1.82. The first-order valence-corrected chi connectivity index (χ1v) is 7.01.